The van der Waals surface area contributed by atoms with Crippen LogP contribution in [0.1, 0.15) is 31.2 Å². The van der Waals surface area contributed by atoms with Gasteiger partial charge in [0.25, 0.3) is 0 Å². The van der Waals surface area contributed by atoms with Crippen molar-refractivity contribution in [2.75, 3.05) is 72.6 Å². The highest BCUT2D eigenvalue weighted by atomic mass is 16.5. The molecule has 0 aliphatic carbocycles. The predicted molar refractivity (Wildman–Crippen MR) is 129 cm³/mol. The molecule has 3 aliphatic heterocycles. The van der Waals surface area contributed by atoms with Gasteiger partial charge in [0.15, 0.2) is 5.96 Å². The Labute approximate surface area is 193 Å². The molecular weight excluding hydrogens is 402 g/mol. The van der Waals surface area contributed by atoms with Crippen LogP contribution in [0.4, 0.5) is 0 Å². The van der Waals surface area contributed by atoms with Crippen LogP contribution < -0.4 is 5.32 Å². The van der Waals surface area contributed by atoms with Crippen LogP contribution in [-0.2, 0) is 16.0 Å². The van der Waals surface area contributed by atoms with Crippen molar-refractivity contribution in [3.05, 3.63) is 35.9 Å². The van der Waals surface area contributed by atoms with Crippen molar-refractivity contribution >= 4 is 5.96 Å². The summed E-state index contributed by atoms with van der Waals surface area (Å²) in [5, 5.41) is 3.58. The van der Waals surface area contributed by atoms with E-state index in [1.165, 1.54) is 51.1 Å². The minimum absolute atomic E-state index is 0.172. The number of ether oxygens (including phenoxy) is 2. The fourth-order valence-corrected chi connectivity index (χ4v) is 4.99. The minimum atomic E-state index is 0.172. The molecule has 3 fully saturated rings. The zero-order chi connectivity index (χ0) is 22.0. The van der Waals surface area contributed by atoms with E-state index in [2.05, 4.69) is 55.3 Å². The normalized spacial score (nSPS) is 25.9. The SMILES string of the molecule is CN=C(NCCCCN1CCN(Cc2ccccc2)CC1)N1CCOC(C2CCCO2)C1. The van der Waals surface area contributed by atoms with E-state index in [4.69, 9.17) is 9.47 Å². The van der Waals surface area contributed by atoms with Crippen LogP contribution in [0.2, 0.25) is 0 Å². The summed E-state index contributed by atoms with van der Waals surface area (Å²) < 4.78 is 11.8. The van der Waals surface area contributed by atoms with Crippen molar-refractivity contribution < 1.29 is 9.47 Å². The molecule has 0 radical (unpaired) electrons. The zero-order valence-electron chi connectivity index (χ0n) is 19.8. The Morgan fingerprint density at radius 1 is 0.969 bits per heavy atom. The van der Waals surface area contributed by atoms with Gasteiger partial charge in [-0.2, -0.15) is 0 Å². The highest BCUT2D eigenvalue weighted by molar-refractivity contribution is 5.80. The molecule has 0 bridgehead atoms. The Balaban J connectivity index is 1.08. The van der Waals surface area contributed by atoms with E-state index in [-0.39, 0.29) is 12.2 Å². The van der Waals surface area contributed by atoms with Crippen molar-refractivity contribution in [1.29, 1.82) is 0 Å². The molecule has 3 saturated heterocycles. The van der Waals surface area contributed by atoms with Crippen LogP contribution in [0.5, 0.6) is 0 Å². The first-order valence-electron chi connectivity index (χ1n) is 12.5. The number of nitrogens with one attached hydrogen (secondary N) is 1. The standard InChI is InChI=1S/C25H41N5O2/c1-26-25(30-17-19-32-24(21-30)23-10-7-18-31-23)27-11-5-6-12-28-13-15-29(16-14-28)20-22-8-3-2-4-9-22/h2-4,8-9,23-24H,5-7,10-21H2,1H3,(H,26,27). The molecule has 4 rings (SSSR count). The molecule has 32 heavy (non-hydrogen) atoms. The number of piperazine rings is 1. The highest BCUT2D eigenvalue weighted by Crippen LogP contribution is 2.21. The lowest BCUT2D eigenvalue weighted by Crippen LogP contribution is -2.53. The number of rotatable bonds is 8. The molecule has 2 atom stereocenters. The van der Waals surface area contributed by atoms with Gasteiger partial charge in [0.1, 0.15) is 6.10 Å². The Bertz CT molecular complexity index is 687. The lowest BCUT2D eigenvalue weighted by Gasteiger charge is -2.37. The molecule has 0 spiro atoms. The molecular formula is C25H41N5O2. The van der Waals surface area contributed by atoms with Crippen molar-refractivity contribution in [3.63, 3.8) is 0 Å². The van der Waals surface area contributed by atoms with Gasteiger partial charge in [-0.05, 0) is 37.8 Å². The van der Waals surface area contributed by atoms with Gasteiger partial charge >= 0.3 is 0 Å². The first-order chi connectivity index (χ1) is 15.8. The first-order valence-corrected chi connectivity index (χ1v) is 12.5. The molecule has 7 heteroatoms. The number of hydrogen-bond donors (Lipinski definition) is 1. The van der Waals surface area contributed by atoms with Crippen LogP contribution >= 0.6 is 0 Å². The van der Waals surface area contributed by atoms with Gasteiger partial charge in [-0.25, -0.2) is 0 Å². The fraction of sp³-hybridized carbons (Fsp3) is 0.720. The topological polar surface area (TPSA) is 52.6 Å². The number of benzene rings is 1. The molecule has 7 nitrogen and oxygen atoms in total. The molecule has 0 amide bonds. The first kappa shape index (κ1) is 23.5. The summed E-state index contributed by atoms with van der Waals surface area (Å²) in [6.07, 6.45) is 5.09. The molecule has 2 unspecified atom stereocenters. The Hall–Kier alpha value is -1.67. The van der Waals surface area contributed by atoms with Crippen LogP contribution in [0.25, 0.3) is 0 Å². The summed E-state index contributed by atoms with van der Waals surface area (Å²) in [6, 6.07) is 10.8. The van der Waals surface area contributed by atoms with Gasteiger partial charge in [-0.1, -0.05) is 30.3 Å². The number of unbranched alkanes of at least 4 members (excludes halogenated alkanes) is 1. The average Bonchev–Trinajstić information content (AvgIpc) is 3.38. The number of guanidine groups is 1. The van der Waals surface area contributed by atoms with Gasteiger partial charge in [-0.15, -0.1) is 0 Å². The van der Waals surface area contributed by atoms with Gasteiger partial charge in [0, 0.05) is 66.0 Å². The summed E-state index contributed by atoms with van der Waals surface area (Å²) in [6.45, 7) is 11.3. The number of aliphatic imine (C=N–C) groups is 1. The van der Waals surface area contributed by atoms with E-state index in [1.54, 1.807) is 0 Å². The van der Waals surface area contributed by atoms with Crippen LogP contribution in [0.15, 0.2) is 35.3 Å². The quantitative estimate of drug-likeness (QED) is 0.377. The van der Waals surface area contributed by atoms with Crippen LogP contribution in [0, 0.1) is 0 Å². The molecule has 0 saturated carbocycles. The molecule has 3 heterocycles. The third-order valence-electron chi connectivity index (χ3n) is 6.88. The summed E-state index contributed by atoms with van der Waals surface area (Å²) in [4.78, 5) is 12.0. The summed E-state index contributed by atoms with van der Waals surface area (Å²) >= 11 is 0. The number of hydrogen-bond acceptors (Lipinski definition) is 5. The lowest BCUT2D eigenvalue weighted by molar-refractivity contribution is -0.0816. The van der Waals surface area contributed by atoms with Crippen molar-refractivity contribution in [2.24, 2.45) is 4.99 Å². The maximum absolute atomic E-state index is 5.98. The largest absolute Gasteiger partial charge is 0.375 e. The zero-order valence-corrected chi connectivity index (χ0v) is 19.8. The molecule has 1 aromatic carbocycles. The average molecular weight is 444 g/mol. The van der Waals surface area contributed by atoms with Gasteiger partial charge in [0.05, 0.1) is 12.7 Å². The highest BCUT2D eigenvalue weighted by Gasteiger charge is 2.32. The second kappa shape index (κ2) is 12.5. The van der Waals surface area contributed by atoms with E-state index in [9.17, 15) is 0 Å². The third-order valence-corrected chi connectivity index (χ3v) is 6.88. The Kier molecular flexibility index (Phi) is 9.20. The van der Waals surface area contributed by atoms with Gasteiger partial charge in [0.2, 0.25) is 0 Å². The second-order valence-corrected chi connectivity index (χ2v) is 9.19. The van der Waals surface area contributed by atoms with E-state index in [0.29, 0.717) is 0 Å². The summed E-state index contributed by atoms with van der Waals surface area (Å²) in [7, 11) is 1.88. The smallest absolute Gasteiger partial charge is 0.193 e. The van der Waals surface area contributed by atoms with Gasteiger partial charge < -0.3 is 24.6 Å². The Morgan fingerprint density at radius 3 is 2.50 bits per heavy atom. The van der Waals surface area contributed by atoms with Crippen LogP contribution in [0.3, 0.4) is 0 Å². The van der Waals surface area contributed by atoms with Gasteiger partial charge in [-0.3, -0.25) is 9.89 Å². The monoisotopic (exact) mass is 443 g/mol. The minimum Gasteiger partial charge on any atom is -0.375 e. The fourth-order valence-electron chi connectivity index (χ4n) is 4.99. The third kappa shape index (κ3) is 6.91. The summed E-state index contributed by atoms with van der Waals surface area (Å²) in [5.74, 6) is 1.01. The van der Waals surface area contributed by atoms with Crippen molar-refractivity contribution in [1.82, 2.24) is 20.0 Å². The predicted octanol–water partition coefficient (Wildman–Crippen LogP) is 2.04. The van der Waals surface area contributed by atoms with E-state index < -0.39 is 0 Å². The maximum atomic E-state index is 5.98. The summed E-state index contributed by atoms with van der Waals surface area (Å²) in [5.41, 5.74) is 1.42. The molecule has 3 aliphatic rings. The van der Waals surface area contributed by atoms with E-state index >= 15 is 0 Å². The number of morpholine rings is 1. The van der Waals surface area contributed by atoms with Crippen LogP contribution in [-0.4, -0.2) is 105 Å². The number of nitrogens with zero attached hydrogens (tertiary/aromatic N) is 4. The van der Waals surface area contributed by atoms with Crippen molar-refractivity contribution in [2.45, 2.75) is 44.4 Å². The lowest BCUT2D eigenvalue weighted by atomic mass is 10.1. The molecule has 1 aromatic rings. The Morgan fingerprint density at radius 2 is 1.75 bits per heavy atom. The second-order valence-electron chi connectivity index (χ2n) is 9.19. The molecule has 1 N–H and O–H groups in total. The molecule has 178 valence electrons. The van der Waals surface area contributed by atoms with E-state index in [1.807, 2.05) is 7.05 Å². The molecule has 0 aromatic heterocycles. The van der Waals surface area contributed by atoms with Crippen molar-refractivity contribution in [3.8, 4) is 0 Å². The van der Waals surface area contributed by atoms with E-state index in [0.717, 1.165) is 58.2 Å². The maximum Gasteiger partial charge on any atom is 0.193 e.